The van der Waals surface area contributed by atoms with E-state index in [-0.39, 0.29) is 0 Å². The summed E-state index contributed by atoms with van der Waals surface area (Å²) in [5, 5.41) is 6.26. The molecule has 0 saturated carbocycles. The molecule has 0 spiro atoms. The number of hydrogen-bond acceptors (Lipinski definition) is 3. The summed E-state index contributed by atoms with van der Waals surface area (Å²) in [5.74, 6) is 4.16. The van der Waals surface area contributed by atoms with Crippen molar-refractivity contribution in [3.8, 4) is 18.1 Å². The van der Waals surface area contributed by atoms with Gasteiger partial charge in [-0.05, 0) is 26.1 Å². The molecule has 1 aromatic carbocycles. The summed E-state index contributed by atoms with van der Waals surface area (Å²) < 4.78 is 5.96. The molecule has 0 aromatic heterocycles. The zero-order valence-electron chi connectivity index (χ0n) is 15.1. The SMILES string of the molecule is C#CCNC(=NCc1ccccc1OCCN(CC)CC)NCC. The van der Waals surface area contributed by atoms with Crippen molar-refractivity contribution in [1.29, 1.82) is 0 Å². The topological polar surface area (TPSA) is 48.9 Å². The van der Waals surface area contributed by atoms with Gasteiger partial charge in [0.15, 0.2) is 5.96 Å². The number of benzene rings is 1. The van der Waals surface area contributed by atoms with Crippen LogP contribution in [0.15, 0.2) is 29.3 Å². The summed E-state index contributed by atoms with van der Waals surface area (Å²) in [6.07, 6.45) is 5.29. The predicted octanol–water partition coefficient (Wildman–Crippen LogP) is 2.10. The number of terminal acetylenes is 1. The Labute approximate surface area is 146 Å². The van der Waals surface area contributed by atoms with Crippen LogP contribution in [0.1, 0.15) is 26.3 Å². The van der Waals surface area contributed by atoms with Gasteiger partial charge in [0, 0.05) is 18.7 Å². The van der Waals surface area contributed by atoms with Crippen molar-refractivity contribution in [1.82, 2.24) is 15.5 Å². The van der Waals surface area contributed by atoms with Gasteiger partial charge in [0.2, 0.25) is 0 Å². The van der Waals surface area contributed by atoms with Gasteiger partial charge >= 0.3 is 0 Å². The van der Waals surface area contributed by atoms with Gasteiger partial charge in [0.25, 0.3) is 0 Å². The lowest BCUT2D eigenvalue weighted by Gasteiger charge is -2.18. The molecule has 2 N–H and O–H groups in total. The second-order valence-corrected chi connectivity index (χ2v) is 5.24. The Hall–Kier alpha value is -2.19. The summed E-state index contributed by atoms with van der Waals surface area (Å²) >= 11 is 0. The smallest absolute Gasteiger partial charge is 0.192 e. The Morgan fingerprint density at radius 1 is 1.21 bits per heavy atom. The first-order valence-electron chi connectivity index (χ1n) is 8.63. The average Bonchev–Trinajstić information content (AvgIpc) is 2.62. The van der Waals surface area contributed by atoms with Crippen molar-refractivity contribution in [2.24, 2.45) is 4.99 Å². The molecule has 5 heteroatoms. The van der Waals surface area contributed by atoms with Gasteiger partial charge in [0.05, 0.1) is 13.1 Å². The van der Waals surface area contributed by atoms with Crippen molar-refractivity contribution in [3.05, 3.63) is 29.8 Å². The second kappa shape index (κ2) is 12.3. The lowest BCUT2D eigenvalue weighted by atomic mass is 10.2. The molecule has 0 amide bonds. The minimum Gasteiger partial charge on any atom is -0.492 e. The van der Waals surface area contributed by atoms with Crippen molar-refractivity contribution >= 4 is 5.96 Å². The summed E-state index contributed by atoms with van der Waals surface area (Å²) in [7, 11) is 0. The van der Waals surface area contributed by atoms with Crippen LogP contribution in [0.5, 0.6) is 5.75 Å². The minimum atomic E-state index is 0.452. The molecule has 5 nitrogen and oxygen atoms in total. The molecule has 1 aromatic rings. The Kier molecular flexibility index (Phi) is 10.1. The van der Waals surface area contributed by atoms with Crippen molar-refractivity contribution < 1.29 is 4.74 Å². The summed E-state index contributed by atoms with van der Waals surface area (Å²) in [4.78, 5) is 6.91. The summed E-state index contributed by atoms with van der Waals surface area (Å²) in [5.41, 5.74) is 1.06. The Balaban J connectivity index is 2.66. The van der Waals surface area contributed by atoms with Crippen LogP contribution in [0.3, 0.4) is 0 Å². The first-order valence-corrected chi connectivity index (χ1v) is 8.63. The van der Waals surface area contributed by atoms with E-state index in [1.165, 1.54) is 0 Å². The van der Waals surface area contributed by atoms with Crippen LogP contribution in [0.25, 0.3) is 0 Å². The molecule has 0 aliphatic rings. The van der Waals surface area contributed by atoms with Crippen molar-refractivity contribution in [3.63, 3.8) is 0 Å². The van der Waals surface area contributed by atoms with E-state index in [0.717, 1.165) is 37.5 Å². The van der Waals surface area contributed by atoms with Crippen LogP contribution in [0.2, 0.25) is 0 Å². The van der Waals surface area contributed by atoms with Crippen LogP contribution >= 0.6 is 0 Å². The standard InChI is InChI=1S/C19H30N4O/c1-5-13-21-19(20-6-2)22-16-17-11-9-10-12-18(17)24-15-14-23(7-3)8-4/h1,9-12H,6-8,13-16H2,2-4H3,(H2,20,21,22). The lowest BCUT2D eigenvalue weighted by molar-refractivity contribution is 0.221. The van der Waals surface area contributed by atoms with Gasteiger partial charge in [0.1, 0.15) is 12.4 Å². The Bertz CT molecular complexity index is 532. The number of nitrogens with one attached hydrogen (secondary N) is 2. The van der Waals surface area contributed by atoms with Crippen LogP contribution in [-0.2, 0) is 6.54 Å². The maximum atomic E-state index is 5.96. The highest BCUT2D eigenvalue weighted by atomic mass is 16.5. The van der Waals surface area contributed by atoms with Gasteiger partial charge in [-0.25, -0.2) is 4.99 Å². The highest BCUT2D eigenvalue weighted by Crippen LogP contribution is 2.18. The number of guanidine groups is 1. The molecular weight excluding hydrogens is 300 g/mol. The molecule has 0 heterocycles. The Morgan fingerprint density at radius 2 is 1.96 bits per heavy atom. The number of nitrogens with zero attached hydrogens (tertiary/aromatic N) is 2. The fourth-order valence-electron chi connectivity index (χ4n) is 2.24. The molecule has 0 bridgehead atoms. The maximum absolute atomic E-state index is 5.96. The summed E-state index contributed by atoms with van der Waals surface area (Å²) in [6.45, 7) is 11.8. The monoisotopic (exact) mass is 330 g/mol. The third-order valence-corrected chi connectivity index (χ3v) is 3.64. The molecule has 0 unspecified atom stereocenters. The molecule has 0 fully saturated rings. The van der Waals surface area contributed by atoms with E-state index in [4.69, 9.17) is 11.2 Å². The van der Waals surface area contributed by atoms with Crippen LogP contribution in [0, 0.1) is 12.3 Å². The van der Waals surface area contributed by atoms with E-state index in [9.17, 15) is 0 Å². The van der Waals surface area contributed by atoms with E-state index in [0.29, 0.717) is 25.7 Å². The maximum Gasteiger partial charge on any atom is 0.192 e. The lowest BCUT2D eigenvalue weighted by Crippen LogP contribution is -2.37. The van der Waals surface area contributed by atoms with Gasteiger partial charge in [-0.15, -0.1) is 6.42 Å². The highest BCUT2D eigenvalue weighted by molar-refractivity contribution is 5.80. The van der Waals surface area contributed by atoms with E-state index >= 15 is 0 Å². The van der Waals surface area contributed by atoms with Gasteiger partial charge in [-0.1, -0.05) is 38.0 Å². The normalized spacial score (nSPS) is 11.2. The molecule has 0 aliphatic carbocycles. The number of aliphatic imine (C=N–C) groups is 1. The van der Waals surface area contributed by atoms with E-state index < -0.39 is 0 Å². The molecule has 1 rings (SSSR count). The third kappa shape index (κ3) is 7.38. The third-order valence-electron chi connectivity index (χ3n) is 3.64. The van der Waals surface area contributed by atoms with Crippen LogP contribution in [-0.4, -0.2) is 50.2 Å². The number of ether oxygens (including phenoxy) is 1. The zero-order chi connectivity index (χ0) is 17.6. The average molecular weight is 330 g/mol. The largest absolute Gasteiger partial charge is 0.492 e. The number of rotatable bonds is 10. The Morgan fingerprint density at radius 3 is 2.62 bits per heavy atom. The molecule has 0 aliphatic heterocycles. The zero-order valence-corrected chi connectivity index (χ0v) is 15.1. The van der Waals surface area contributed by atoms with Crippen molar-refractivity contribution in [2.75, 3.05) is 39.3 Å². The van der Waals surface area contributed by atoms with E-state index in [2.05, 4.69) is 40.3 Å². The molecule has 0 saturated heterocycles. The highest BCUT2D eigenvalue weighted by Gasteiger charge is 2.05. The predicted molar refractivity (Wildman–Crippen MR) is 101 cm³/mol. The fourth-order valence-corrected chi connectivity index (χ4v) is 2.24. The first-order chi connectivity index (χ1) is 11.7. The molecule has 132 valence electrons. The quantitative estimate of drug-likeness (QED) is 0.392. The molecule has 0 atom stereocenters. The number of para-hydroxylation sites is 1. The minimum absolute atomic E-state index is 0.452. The first kappa shape index (κ1) is 19.9. The number of hydrogen-bond donors (Lipinski definition) is 2. The van der Waals surface area contributed by atoms with Crippen LogP contribution < -0.4 is 15.4 Å². The van der Waals surface area contributed by atoms with E-state index in [1.54, 1.807) is 0 Å². The fraction of sp³-hybridized carbons (Fsp3) is 0.526. The molecule has 24 heavy (non-hydrogen) atoms. The molecular formula is C19H30N4O. The van der Waals surface area contributed by atoms with Crippen molar-refractivity contribution in [2.45, 2.75) is 27.3 Å². The second-order valence-electron chi connectivity index (χ2n) is 5.24. The van der Waals surface area contributed by atoms with Gasteiger partial charge in [-0.2, -0.15) is 0 Å². The number of likely N-dealkylation sites (N-methyl/N-ethyl adjacent to an activating group) is 1. The summed E-state index contributed by atoms with van der Waals surface area (Å²) in [6, 6.07) is 8.03. The van der Waals surface area contributed by atoms with E-state index in [1.807, 2.05) is 31.2 Å². The van der Waals surface area contributed by atoms with Crippen LogP contribution in [0.4, 0.5) is 0 Å². The van der Waals surface area contributed by atoms with Gasteiger partial charge in [-0.3, -0.25) is 0 Å². The van der Waals surface area contributed by atoms with Gasteiger partial charge < -0.3 is 20.3 Å². The molecule has 0 radical (unpaired) electrons.